The standard InChI is InChI=1S/C13H15F3N4O/c1-2-7-21-11-6-4-3-5-10(11)20-12(13(14,15)16)9(8-17)18-19-20/h3-6H,2,7-8,17H2,1H3. The number of nitrogens with two attached hydrogens (primary N) is 1. The fraction of sp³-hybridized carbons (Fsp3) is 0.385. The number of hydrogen-bond acceptors (Lipinski definition) is 4. The van der Waals surface area contributed by atoms with Crippen LogP contribution in [0.25, 0.3) is 5.69 Å². The smallest absolute Gasteiger partial charge is 0.435 e. The molecule has 0 aliphatic rings. The van der Waals surface area contributed by atoms with Gasteiger partial charge in [-0.2, -0.15) is 13.2 Å². The van der Waals surface area contributed by atoms with Crippen LogP contribution >= 0.6 is 0 Å². The average Bonchev–Trinajstić information content (AvgIpc) is 2.89. The minimum absolute atomic E-state index is 0.186. The van der Waals surface area contributed by atoms with Crippen LogP contribution in [0.2, 0.25) is 0 Å². The Morgan fingerprint density at radius 3 is 2.62 bits per heavy atom. The lowest BCUT2D eigenvalue weighted by Gasteiger charge is -2.14. The maximum atomic E-state index is 13.2. The minimum Gasteiger partial charge on any atom is -0.491 e. The van der Waals surface area contributed by atoms with Crippen LogP contribution in [0.1, 0.15) is 24.7 Å². The lowest BCUT2D eigenvalue weighted by Crippen LogP contribution is -2.17. The monoisotopic (exact) mass is 300 g/mol. The first-order valence-corrected chi connectivity index (χ1v) is 6.43. The zero-order chi connectivity index (χ0) is 15.5. The van der Waals surface area contributed by atoms with E-state index in [-0.39, 0.29) is 17.9 Å². The van der Waals surface area contributed by atoms with Gasteiger partial charge in [0.05, 0.1) is 6.61 Å². The second kappa shape index (κ2) is 6.13. The van der Waals surface area contributed by atoms with Crippen molar-refractivity contribution in [1.82, 2.24) is 15.0 Å². The van der Waals surface area contributed by atoms with E-state index in [1.54, 1.807) is 18.2 Å². The van der Waals surface area contributed by atoms with Gasteiger partial charge in [0.25, 0.3) is 0 Å². The zero-order valence-electron chi connectivity index (χ0n) is 11.4. The highest BCUT2D eigenvalue weighted by Crippen LogP contribution is 2.34. The van der Waals surface area contributed by atoms with Crippen molar-refractivity contribution in [2.24, 2.45) is 5.73 Å². The van der Waals surface area contributed by atoms with Crippen LogP contribution in [0.5, 0.6) is 5.75 Å². The fourth-order valence-corrected chi connectivity index (χ4v) is 1.87. The molecule has 0 spiro atoms. The zero-order valence-corrected chi connectivity index (χ0v) is 11.4. The number of halogens is 3. The van der Waals surface area contributed by atoms with Gasteiger partial charge in [-0.15, -0.1) is 5.10 Å². The van der Waals surface area contributed by atoms with E-state index in [0.29, 0.717) is 12.4 Å². The van der Waals surface area contributed by atoms with E-state index in [1.807, 2.05) is 6.92 Å². The van der Waals surface area contributed by atoms with Gasteiger partial charge in [0.2, 0.25) is 0 Å². The van der Waals surface area contributed by atoms with E-state index in [9.17, 15) is 13.2 Å². The van der Waals surface area contributed by atoms with Gasteiger partial charge in [0.1, 0.15) is 17.1 Å². The molecule has 1 aromatic carbocycles. The molecule has 2 aromatic rings. The van der Waals surface area contributed by atoms with Gasteiger partial charge in [0.15, 0.2) is 5.69 Å². The minimum atomic E-state index is -4.60. The van der Waals surface area contributed by atoms with Gasteiger partial charge in [0, 0.05) is 6.54 Å². The average molecular weight is 300 g/mol. The Kier molecular flexibility index (Phi) is 4.46. The first-order valence-electron chi connectivity index (χ1n) is 6.43. The first-order chi connectivity index (χ1) is 9.99. The van der Waals surface area contributed by atoms with Crippen LogP contribution in [-0.4, -0.2) is 21.6 Å². The molecule has 2 N–H and O–H groups in total. The Morgan fingerprint density at radius 1 is 1.29 bits per heavy atom. The maximum absolute atomic E-state index is 13.2. The summed E-state index contributed by atoms with van der Waals surface area (Å²) in [6.07, 6.45) is -3.86. The Bertz CT molecular complexity index is 610. The van der Waals surface area contributed by atoms with Gasteiger partial charge in [-0.3, -0.25) is 0 Å². The predicted octanol–water partition coefficient (Wildman–Crippen LogP) is 2.53. The summed E-state index contributed by atoms with van der Waals surface area (Å²) in [5.74, 6) is 0.318. The van der Waals surface area contributed by atoms with Gasteiger partial charge >= 0.3 is 6.18 Å². The van der Waals surface area contributed by atoms with Crippen molar-refractivity contribution in [3.05, 3.63) is 35.7 Å². The second-order valence-electron chi connectivity index (χ2n) is 4.31. The molecule has 0 aliphatic heterocycles. The number of ether oxygens (including phenoxy) is 1. The summed E-state index contributed by atoms with van der Waals surface area (Å²) in [4.78, 5) is 0. The molecule has 0 radical (unpaired) electrons. The van der Waals surface area contributed by atoms with E-state index in [2.05, 4.69) is 10.3 Å². The first kappa shape index (κ1) is 15.3. The molecule has 1 heterocycles. The molecule has 0 unspecified atom stereocenters. The molecule has 21 heavy (non-hydrogen) atoms. The Morgan fingerprint density at radius 2 is 2.00 bits per heavy atom. The molecule has 0 fully saturated rings. The number of benzene rings is 1. The molecular formula is C13H15F3N4O. The molecular weight excluding hydrogens is 285 g/mol. The molecule has 0 atom stereocenters. The van der Waals surface area contributed by atoms with Crippen molar-refractivity contribution < 1.29 is 17.9 Å². The molecule has 0 amide bonds. The lowest BCUT2D eigenvalue weighted by atomic mass is 10.2. The van der Waals surface area contributed by atoms with Crippen molar-refractivity contribution in [3.63, 3.8) is 0 Å². The van der Waals surface area contributed by atoms with Crippen molar-refractivity contribution >= 4 is 0 Å². The summed E-state index contributed by atoms with van der Waals surface area (Å²) in [6.45, 7) is 1.97. The van der Waals surface area contributed by atoms with Gasteiger partial charge in [-0.25, -0.2) is 4.68 Å². The molecule has 0 bridgehead atoms. The number of para-hydroxylation sites is 2. The Labute approximate surface area is 119 Å². The fourth-order valence-electron chi connectivity index (χ4n) is 1.87. The molecule has 2 rings (SSSR count). The van der Waals surface area contributed by atoms with E-state index >= 15 is 0 Å². The highest BCUT2D eigenvalue weighted by molar-refractivity contribution is 5.47. The second-order valence-corrected chi connectivity index (χ2v) is 4.31. The summed E-state index contributed by atoms with van der Waals surface area (Å²) in [5.41, 5.74) is 4.22. The van der Waals surface area contributed by atoms with E-state index in [4.69, 9.17) is 10.5 Å². The van der Waals surface area contributed by atoms with E-state index in [0.717, 1.165) is 11.1 Å². The third-order valence-electron chi connectivity index (χ3n) is 2.76. The third kappa shape index (κ3) is 3.15. The quantitative estimate of drug-likeness (QED) is 0.921. The maximum Gasteiger partial charge on any atom is 0.435 e. The molecule has 1 aromatic heterocycles. The Hall–Kier alpha value is -2.09. The van der Waals surface area contributed by atoms with Crippen LogP contribution in [-0.2, 0) is 12.7 Å². The van der Waals surface area contributed by atoms with Crippen molar-refractivity contribution in [2.75, 3.05) is 6.61 Å². The summed E-state index contributed by atoms with van der Waals surface area (Å²) in [5, 5.41) is 7.09. The van der Waals surface area contributed by atoms with Gasteiger partial charge in [-0.05, 0) is 18.6 Å². The van der Waals surface area contributed by atoms with Crippen LogP contribution in [0.15, 0.2) is 24.3 Å². The number of hydrogen-bond donors (Lipinski definition) is 1. The van der Waals surface area contributed by atoms with E-state index < -0.39 is 11.9 Å². The van der Waals surface area contributed by atoms with Crippen molar-refractivity contribution in [3.8, 4) is 11.4 Å². The predicted molar refractivity (Wildman–Crippen MR) is 70.0 cm³/mol. The molecule has 5 nitrogen and oxygen atoms in total. The van der Waals surface area contributed by atoms with Crippen molar-refractivity contribution in [1.29, 1.82) is 0 Å². The Balaban J connectivity index is 2.55. The molecule has 0 saturated carbocycles. The number of alkyl halides is 3. The molecule has 8 heteroatoms. The molecule has 114 valence electrons. The number of nitrogens with zero attached hydrogens (tertiary/aromatic N) is 3. The lowest BCUT2D eigenvalue weighted by molar-refractivity contribution is -0.143. The van der Waals surface area contributed by atoms with Crippen LogP contribution in [0.4, 0.5) is 13.2 Å². The molecule has 0 aliphatic carbocycles. The third-order valence-corrected chi connectivity index (χ3v) is 2.76. The normalized spacial score (nSPS) is 11.7. The van der Waals surface area contributed by atoms with Crippen LogP contribution < -0.4 is 10.5 Å². The van der Waals surface area contributed by atoms with E-state index in [1.165, 1.54) is 6.07 Å². The number of rotatable bonds is 5. The van der Waals surface area contributed by atoms with Crippen LogP contribution in [0.3, 0.4) is 0 Å². The topological polar surface area (TPSA) is 66.0 Å². The number of aromatic nitrogens is 3. The van der Waals surface area contributed by atoms with Gasteiger partial charge < -0.3 is 10.5 Å². The summed E-state index contributed by atoms with van der Waals surface area (Å²) in [7, 11) is 0. The summed E-state index contributed by atoms with van der Waals surface area (Å²) in [6, 6.07) is 6.38. The van der Waals surface area contributed by atoms with Crippen molar-refractivity contribution in [2.45, 2.75) is 26.1 Å². The summed E-state index contributed by atoms with van der Waals surface area (Å²) >= 11 is 0. The van der Waals surface area contributed by atoms with Crippen LogP contribution in [0, 0.1) is 0 Å². The van der Waals surface area contributed by atoms with Gasteiger partial charge in [-0.1, -0.05) is 24.3 Å². The SMILES string of the molecule is CCCOc1ccccc1-n1nnc(CN)c1C(F)(F)F. The largest absolute Gasteiger partial charge is 0.491 e. The highest BCUT2D eigenvalue weighted by atomic mass is 19.4. The summed E-state index contributed by atoms with van der Waals surface area (Å²) < 4.78 is 45.8. The molecule has 0 saturated heterocycles. The highest BCUT2D eigenvalue weighted by Gasteiger charge is 2.39.